The van der Waals surface area contributed by atoms with Gasteiger partial charge in [0, 0.05) is 25.1 Å². The molecule has 7 nitrogen and oxygen atoms in total. The molecule has 1 saturated heterocycles. The predicted octanol–water partition coefficient (Wildman–Crippen LogP) is 3.38. The van der Waals surface area contributed by atoms with E-state index >= 15 is 0 Å². The van der Waals surface area contributed by atoms with Gasteiger partial charge in [0.2, 0.25) is 0 Å². The van der Waals surface area contributed by atoms with E-state index in [2.05, 4.69) is 0 Å². The summed E-state index contributed by atoms with van der Waals surface area (Å²) in [6.07, 6.45) is -4.43. The van der Waals surface area contributed by atoms with E-state index in [4.69, 9.17) is 9.84 Å². The van der Waals surface area contributed by atoms with Gasteiger partial charge in [0.15, 0.2) is 5.75 Å². The predicted molar refractivity (Wildman–Crippen MR) is 75.9 cm³/mol. The topological polar surface area (TPSA) is 92.9 Å². The second kappa shape index (κ2) is 6.93. The fourth-order valence-corrected chi connectivity index (χ4v) is 2.54. The smallest absolute Gasteiger partial charge is 0.416 e. The lowest BCUT2D eigenvalue weighted by molar-refractivity contribution is -0.386. The molecule has 0 spiro atoms. The van der Waals surface area contributed by atoms with Crippen LogP contribution >= 0.6 is 0 Å². The van der Waals surface area contributed by atoms with Crippen LogP contribution in [0.2, 0.25) is 0 Å². The Morgan fingerprint density at radius 1 is 1.46 bits per heavy atom. The second-order valence-electron chi connectivity index (χ2n) is 5.49. The van der Waals surface area contributed by atoms with Gasteiger partial charge in [-0.2, -0.15) is 13.2 Å². The Morgan fingerprint density at radius 3 is 2.75 bits per heavy atom. The van der Waals surface area contributed by atoms with Crippen LogP contribution in [-0.4, -0.2) is 40.7 Å². The zero-order valence-corrected chi connectivity index (χ0v) is 12.5. The number of rotatable bonds is 4. The molecule has 0 radical (unpaired) electrons. The van der Waals surface area contributed by atoms with Gasteiger partial charge < -0.3 is 14.7 Å². The fraction of sp³-hybridized carbons (Fsp3) is 0.500. The number of likely N-dealkylation sites (tertiary alicyclic amines) is 1. The molecule has 0 aliphatic carbocycles. The molecule has 0 saturated carbocycles. The van der Waals surface area contributed by atoms with Gasteiger partial charge in [-0.1, -0.05) is 0 Å². The number of carboxylic acid groups (broad SMARTS) is 1. The molecule has 2 rings (SSSR count). The molecule has 1 N–H and O–H groups in total. The van der Waals surface area contributed by atoms with Crippen LogP contribution in [-0.2, 0) is 6.18 Å². The zero-order valence-electron chi connectivity index (χ0n) is 12.5. The zero-order chi connectivity index (χ0) is 17.9. The van der Waals surface area contributed by atoms with Crippen LogP contribution in [0.4, 0.5) is 23.7 Å². The van der Waals surface area contributed by atoms with E-state index in [1.807, 2.05) is 0 Å². The van der Waals surface area contributed by atoms with Crippen molar-refractivity contribution in [3.05, 3.63) is 33.9 Å². The highest BCUT2D eigenvalue weighted by Crippen LogP contribution is 2.36. The summed E-state index contributed by atoms with van der Waals surface area (Å²) in [6.45, 7) is 0.631. The van der Waals surface area contributed by atoms with Gasteiger partial charge in [-0.15, -0.1) is 0 Å². The van der Waals surface area contributed by atoms with Gasteiger partial charge in [0.05, 0.1) is 17.1 Å². The van der Waals surface area contributed by atoms with E-state index in [1.165, 1.54) is 4.90 Å². The van der Waals surface area contributed by atoms with Gasteiger partial charge in [-0.3, -0.25) is 10.1 Å². The number of ether oxygens (including phenoxy) is 1. The minimum Gasteiger partial charge on any atom is -0.486 e. The molecule has 1 atom stereocenters. The maximum atomic E-state index is 12.6. The Kier molecular flexibility index (Phi) is 5.15. The third kappa shape index (κ3) is 4.27. The average Bonchev–Trinajstić information content (AvgIpc) is 2.52. The molecular formula is C14H15F3N2O5. The standard InChI is InChI=1S/C14H15F3N2O5/c15-14(16,17)10-3-4-12(11(6-10)19(22)23)24-8-9-2-1-5-18(7-9)13(20)21/h3-4,6,9H,1-2,5,7-8H2,(H,20,21)/t9-/m1/s1. The average molecular weight is 348 g/mol. The largest absolute Gasteiger partial charge is 0.486 e. The molecule has 0 bridgehead atoms. The van der Waals surface area contributed by atoms with Crippen molar-refractivity contribution in [3.63, 3.8) is 0 Å². The molecule has 0 aromatic heterocycles. The fourth-order valence-electron chi connectivity index (χ4n) is 2.54. The van der Waals surface area contributed by atoms with Crippen molar-refractivity contribution in [1.29, 1.82) is 0 Å². The van der Waals surface area contributed by atoms with Gasteiger partial charge >= 0.3 is 18.0 Å². The third-order valence-electron chi connectivity index (χ3n) is 3.75. The molecule has 132 valence electrons. The molecule has 1 fully saturated rings. The number of nitro groups is 1. The SMILES string of the molecule is O=C(O)N1CCC[C@@H](COc2ccc(C(F)(F)F)cc2[N+](=O)[O-])C1. The summed E-state index contributed by atoms with van der Waals surface area (Å²) in [5.41, 5.74) is -1.90. The number of nitro benzene ring substituents is 1. The molecule has 1 heterocycles. The Labute approximate surface area is 134 Å². The Hall–Kier alpha value is -2.52. The van der Waals surface area contributed by atoms with E-state index in [0.29, 0.717) is 31.5 Å². The summed E-state index contributed by atoms with van der Waals surface area (Å²) in [4.78, 5) is 22.2. The first-order chi connectivity index (χ1) is 11.2. The summed E-state index contributed by atoms with van der Waals surface area (Å²) < 4.78 is 43.2. The van der Waals surface area contributed by atoms with Gasteiger partial charge in [0.1, 0.15) is 0 Å². The lowest BCUT2D eigenvalue weighted by atomic mass is 9.99. The maximum Gasteiger partial charge on any atom is 0.416 e. The van der Waals surface area contributed by atoms with Crippen molar-refractivity contribution < 1.29 is 32.7 Å². The Bertz CT molecular complexity index is 635. The molecule has 1 aromatic carbocycles. The molecule has 1 aliphatic heterocycles. The first kappa shape index (κ1) is 17.8. The van der Waals surface area contributed by atoms with E-state index in [-0.39, 0.29) is 24.8 Å². The van der Waals surface area contributed by atoms with Gasteiger partial charge in [-0.25, -0.2) is 4.79 Å². The van der Waals surface area contributed by atoms with Crippen molar-refractivity contribution >= 4 is 11.8 Å². The lowest BCUT2D eigenvalue weighted by Crippen LogP contribution is -2.40. The molecule has 1 amide bonds. The first-order valence-corrected chi connectivity index (χ1v) is 7.15. The number of halogens is 3. The monoisotopic (exact) mass is 348 g/mol. The Balaban J connectivity index is 2.09. The van der Waals surface area contributed by atoms with Crippen molar-refractivity contribution in [3.8, 4) is 5.75 Å². The number of hydrogen-bond donors (Lipinski definition) is 1. The van der Waals surface area contributed by atoms with Gasteiger partial charge in [0.25, 0.3) is 0 Å². The van der Waals surface area contributed by atoms with Crippen molar-refractivity contribution in [2.24, 2.45) is 5.92 Å². The number of piperidine rings is 1. The molecule has 10 heteroatoms. The summed E-state index contributed by atoms with van der Waals surface area (Å²) in [6, 6.07) is 2.06. The van der Waals surface area contributed by atoms with Gasteiger partial charge in [-0.05, 0) is 25.0 Å². The third-order valence-corrected chi connectivity index (χ3v) is 3.75. The number of carbonyl (C=O) groups is 1. The van der Waals surface area contributed by atoms with Crippen LogP contribution in [0.1, 0.15) is 18.4 Å². The van der Waals surface area contributed by atoms with E-state index in [0.717, 1.165) is 6.07 Å². The molecule has 1 aromatic rings. The number of alkyl halides is 3. The number of amides is 1. The van der Waals surface area contributed by atoms with Crippen molar-refractivity contribution in [2.45, 2.75) is 19.0 Å². The minimum absolute atomic E-state index is 0.00398. The normalized spacial score (nSPS) is 18.3. The number of hydrogen-bond acceptors (Lipinski definition) is 4. The maximum absolute atomic E-state index is 12.6. The molecule has 1 aliphatic rings. The van der Waals surface area contributed by atoms with Crippen molar-refractivity contribution in [1.82, 2.24) is 4.90 Å². The minimum atomic E-state index is -4.69. The van der Waals surface area contributed by atoms with Crippen LogP contribution in [0.25, 0.3) is 0 Å². The van der Waals surface area contributed by atoms with E-state index in [1.54, 1.807) is 0 Å². The van der Waals surface area contributed by atoms with Crippen LogP contribution in [0, 0.1) is 16.0 Å². The molecule has 24 heavy (non-hydrogen) atoms. The summed E-state index contributed by atoms with van der Waals surface area (Å²) in [5, 5.41) is 19.9. The highest BCUT2D eigenvalue weighted by atomic mass is 19.4. The second-order valence-corrected chi connectivity index (χ2v) is 5.49. The highest BCUT2D eigenvalue weighted by Gasteiger charge is 2.33. The van der Waals surface area contributed by atoms with E-state index < -0.39 is 28.4 Å². The molecule has 0 unspecified atom stereocenters. The number of nitrogens with zero attached hydrogens (tertiary/aromatic N) is 2. The Morgan fingerprint density at radius 2 is 2.17 bits per heavy atom. The highest BCUT2D eigenvalue weighted by molar-refractivity contribution is 5.65. The first-order valence-electron chi connectivity index (χ1n) is 7.15. The summed E-state index contributed by atoms with van der Waals surface area (Å²) in [5.74, 6) is -0.433. The summed E-state index contributed by atoms with van der Waals surface area (Å²) in [7, 11) is 0. The summed E-state index contributed by atoms with van der Waals surface area (Å²) >= 11 is 0. The lowest BCUT2D eigenvalue weighted by Gasteiger charge is -2.30. The molecular weight excluding hydrogens is 333 g/mol. The van der Waals surface area contributed by atoms with Crippen LogP contribution in [0.5, 0.6) is 5.75 Å². The van der Waals surface area contributed by atoms with E-state index in [9.17, 15) is 28.1 Å². The van der Waals surface area contributed by atoms with Crippen LogP contribution < -0.4 is 4.74 Å². The van der Waals surface area contributed by atoms with Crippen LogP contribution in [0.15, 0.2) is 18.2 Å². The number of benzene rings is 1. The van der Waals surface area contributed by atoms with Crippen molar-refractivity contribution in [2.75, 3.05) is 19.7 Å². The quantitative estimate of drug-likeness (QED) is 0.665. The van der Waals surface area contributed by atoms with Crippen LogP contribution in [0.3, 0.4) is 0 Å².